The molecule has 0 aliphatic carbocycles. The van der Waals surface area contributed by atoms with Crippen molar-refractivity contribution in [3.63, 3.8) is 0 Å². The van der Waals surface area contributed by atoms with Crippen LogP contribution in [0.25, 0.3) is 0 Å². The van der Waals surface area contributed by atoms with Gasteiger partial charge in [0.2, 0.25) is 0 Å². The lowest BCUT2D eigenvalue weighted by Gasteiger charge is -2.06. The van der Waals surface area contributed by atoms with Crippen molar-refractivity contribution in [3.05, 3.63) is 64.2 Å². The summed E-state index contributed by atoms with van der Waals surface area (Å²) in [7, 11) is 0. The van der Waals surface area contributed by atoms with Gasteiger partial charge in [-0.25, -0.2) is 4.79 Å². The van der Waals surface area contributed by atoms with E-state index in [9.17, 15) is 4.79 Å². The second-order valence-electron chi connectivity index (χ2n) is 3.71. The molecule has 1 heterocycles. The van der Waals surface area contributed by atoms with E-state index in [1.165, 1.54) is 6.07 Å². The smallest absolute Gasteiger partial charge is 0.339 e. The lowest BCUT2D eigenvalue weighted by molar-refractivity contribution is 0.299. The van der Waals surface area contributed by atoms with E-state index in [-0.39, 0.29) is 5.63 Å². The van der Waals surface area contributed by atoms with Gasteiger partial charge in [-0.2, -0.15) is 0 Å². The van der Waals surface area contributed by atoms with Crippen LogP contribution in [0.2, 0.25) is 0 Å². The summed E-state index contributed by atoms with van der Waals surface area (Å²) in [6, 6.07) is 12.9. The second-order valence-corrected chi connectivity index (χ2v) is 3.71. The molecule has 0 spiro atoms. The van der Waals surface area contributed by atoms with E-state index in [4.69, 9.17) is 9.15 Å². The van der Waals surface area contributed by atoms with E-state index >= 15 is 0 Å². The molecule has 0 radical (unpaired) electrons. The van der Waals surface area contributed by atoms with Gasteiger partial charge >= 0.3 is 5.63 Å². The topological polar surface area (TPSA) is 39.4 Å². The Hall–Kier alpha value is -2.03. The molecule has 2 aromatic rings. The zero-order valence-corrected chi connectivity index (χ0v) is 9.68. The van der Waals surface area contributed by atoms with Crippen LogP contribution >= 0.6 is 0 Å². The molecule has 2 rings (SSSR count). The minimum Gasteiger partial charge on any atom is -0.489 e. The molecule has 0 aliphatic rings. The van der Waals surface area contributed by atoms with E-state index in [1.54, 1.807) is 6.07 Å². The van der Waals surface area contributed by atoms with Crippen LogP contribution in [0.5, 0.6) is 5.75 Å². The van der Waals surface area contributed by atoms with E-state index in [0.717, 1.165) is 5.56 Å². The molecule has 1 aromatic heterocycles. The van der Waals surface area contributed by atoms with Crippen LogP contribution < -0.4 is 10.4 Å². The highest BCUT2D eigenvalue weighted by molar-refractivity contribution is 5.22. The molecule has 0 saturated carbocycles. The Labute approximate surface area is 99.7 Å². The Morgan fingerprint density at radius 3 is 2.65 bits per heavy atom. The average molecular weight is 230 g/mol. The molecule has 0 fully saturated rings. The van der Waals surface area contributed by atoms with Gasteiger partial charge in [0.1, 0.15) is 18.1 Å². The Bertz CT molecular complexity index is 529. The standard InChI is InChI=1S/C14H14O3/c1-2-12-8-13(9-14(15)17-12)16-10-11-6-4-3-5-7-11/h3-9H,2,10H2,1H3. The summed E-state index contributed by atoms with van der Waals surface area (Å²) in [4.78, 5) is 11.2. The first-order chi connectivity index (χ1) is 8.28. The monoisotopic (exact) mass is 230 g/mol. The Morgan fingerprint density at radius 1 is 1.18 bits per heavy atom. The van der Waals surface area contributed by atoms with Gasteiger partial charge in [-0.15, -0.1) is 0 Å². The molecule has 0 N–H and O–H groups in total. The summed E-state index contributed by atoms with van der Waals surface area (Å²) >= 11 is 0. The van der Waals surface area contributed by atoms with Crippen molar-refractivity contribution in [1.29, 1.82) is 0 Å². The summed E-state index contributed by atoms with van der Waals surface area (Å²) in [5, 5.41) is 0. The molecule has 1 aromatic carbocycles. The van der Waals surface area contributed by atoms with Crippen LogP contribution in [-0.2, 0) is 13.0 Å². The lowest BCUT2D eigenvalue weighted by Crippen LogP contribution is -2.03. The first-order valence-electron chi connectivity index (χ1n) is 5.58. The lowest BCUT2D eigenvalue weighted by atomic mass is 10.2. The van der Waals surface area contributed by atoms with Gasteiger partial charge in [-0.1, -0.05) is 37.3 Å². The predicted octanol–water partition coefficient (Wildman–Crippen LogP) is 2.78. The zero-order chi connectivity index (χ0) is 12.1. The van der Waals surface area contributed by atoms with Crippen LogP contribution in [0.3, 0.4) is 0 Å². The van der Waals surface area contributed by atoms with Gasteiger partial charge in [0, 0.05) is 12.5 Å². The zero-order valence-electron chi connectivity index (χ0n) is 9.68. The van der Waals surface area contributed by atoms with Gasteiger partial charge in [-0.3, -0.25) is 0 Å². The molecule has 0 unspecified atom stereocenters. The molecule has 88 valence electrons. The molecule has 0 bridgehead atoms. The number of benzene rings is 1. The van der Waals surface area contributed by atoms with Crippen LogP contribution in [-0.4, -0.2) is 0 Å². The summed E-state index contributed by atoms with van der Waals surface area (Å²) in [6.45, 7) is 2.38. The van der Waals surface area contributed by atoms with Crippen LogP contribution in [0.15, 0.2) is 51.7 Å². The minimum atomic E-state index is -0.368. The summed E-state index contributed by atoms with van der Waals surface area (Å²) in [6.07, 6.45) is 0.678. The molecular formula is C14H14O3. The third kappa shape index (κ3) is 3.21. The summed E-state index contributed by atoms with van der Waals surface area (Å²) in [5.41, 5.74) is 0.700. The largest absolute Gasteiger partial charge is 0.489 e. The normalized spacial score (nSPS) is 10.2. The number of rotatable bonds is 4. The summed E-state index contributed by atoms with van der Waals surface area (Å²) < 4.78 is 10.5. The van der Waals surface area contributed by atoms with Crippen molar-refractivity contribution in [2.75, 3.05) is 0 Å². The van der Waals surface area contributed by atoms with E-state index in [2.05, 4.69) is 0 Å². The third-order valence-corrected chi connectivity index (χ3v) is 2.39. The molecular weight excluding hydrogens is 216 g/mol. The average Bonchev–Trinajstić information content (AvgIpc) is 2.37. The quantitative estimate of drug-likeness (QED) is 0.810. The van der Waals surface area contributed by atoms with Crippen molar-refractivity contribution in [3.8, 4) is 5.75 Å². The van der Waals surface area contributed by atoms with Gasteiger partial charge < -0.3 is 9.15 Å². The summed E-state index contributed by atoms with van der Waals surface area (Å²) in [5.74, 6) is 1.20. The first-order valence-corrected chi connectivity index (χ1v) is 5.58. The van der Waals surface area contributed by atoms with Crippen LogP contribution in [0.1, 0.15) is 18.2 Å². The maximum Gasteiger partial charge on any atom is 0.339 e. The number of hydrogen-bond acceptors (Lipinski definition) is 3. The minimum absolute atomic E-state index is 0.368. The molecule has 3 nitrogen and oxygen atoms in total. The Balaban J connectivity index is 2.09. The van der Waals surface area contributed by atoms with Gasteiger partial charge in [0.15, 0.2) is 0 Å². The molecule has 0 atom stereocenters. The Kier molecular flexibility index (Phi) is 3.60. The number of ether oxygens (including phenoxy) is 1. The fourth-order valence-electron chi connectivity index (χ4n) is 1.50. The number of hydrogen-bond donors (Lipinski definition) is 0. The van der Waals surface area contributed by atoms with Crippen LogP contribution in [0, 0.1) is 0 Å². The third-order valence-electron chi connectivity index (χ3n) is 2.39. The van der Waals surface area contributed by atoms with Crippen molar-refractivity contribution in [2.24, 2.45) is 0 Å². The van der Waals surface area contributed by atoms with Crippen molar-refractivity contribution in [2.45, 2.75) is 20.0 Å². The highest BCUT2D eigenvalue weighted by Crippen LogP contribution is 2.13. The fourth-order valence-corrected chi connectivity index (χ4v) is 1.50. The van der Waals surface area contributed by atoms with Crippen LogP contribution in [0.4, 0.5) is 0 Å². The maximum atomic E-state index is 11.2. The van der Waals surface area contributed by atoms with Crippen molar-refractivity contribution < 1.29 is 9.15 Å². The number of aryl methyl sites for hydroxylation is 1. The SMILES string of the molecule is CCc1cc(OCc2ccccc2)cc(=O)o1. The van der Waals surface area contributed by atoms with Gasteiger partial charge in [0.05, 0.1) is 6.07 Å². The molecule has 17 heavy (non-hydrogen) atoms. The highest BCUT2D eigenvalue weighted by Gasteiger charge is 2.01. The first kappa shape index (κ1) is 11.5. The second kappa shape index (κ2) is 5.34. The van der Waals surface area contributed by atoms with Gasteiger partial charge in [-0.05, 0) is 5.56 Å². The predicted molar refractivity (Wildman–Crippen MR) is 65.1 cm³/mol. The van der Waals surface area contributed by atoms with Gasteiger partial charge in [0.25, 0.3) is 0 Å². The van der Waals surface area contributed by atoms with E-state index in [0.29, 0.717) is 24.5 Å². The highest BCUT2D eigenvalue weighted by atomic mass is 16.5. The van der Waals surface area contributed by atoms with E-state index in [1.807, 2.05) is 37.3 Å². The van der Waals surface area contributed by atoms with Crippen molar-refractivity contribution >= 4 is 0 Å². The molecule has 0 amide bonds. The fraction of sp³-hybridized carbons (Fsp3) is 0.214. The maximum absolute atomic E-state index is 11.2. The Morgan fingerprint density at radius 2 is 1.94 bits per heavy atom. The molecule has 0 saturated heterocycles. The molecule has 3 heteroatoms. The molecule has 0 aliphatic heterocycles. The van der Waals surface area contributed by atoms with E-state index < -0.39 is 0 Å². The van der Waals surface area contributed by atoms with Crippen molar-refractivity contribution in [1.82, 2.24) is 0 Å².